The zero-order chi connectivity index (χ0) is 12.8. The summed E-state index contributed by atoms with van der Waals surface area (Å²) >= 11 is 0. The lowest BCUT2D eigenvalue weighted by Gasteiger charge is -2.10. The van der Waals surface area contributed by atoms with Gasteiger partial charge in [-0.3, -0.25) is 0 Å². The molecule has 2 aromatic rings. The van der Waals surface area contributed by atoms with Crippen LogP contribution in [0.4, 0.5) is 0 Å². The number of hydrogen-bond donors (Lipinski definition) is 1. The maximum absolute atomic E-state index is 9.27. The van der Waals surface area contributed by atoms with Gasteiger partial charge in [0.15, 0.2) is 0 Å². The Kier molecular flexibility index (Phi) is 4.07. The van der Waals surface area contributed by atoms with Crippen LogP contribution in [-0.2, 0) is 0 Å². The average molecular weight is 244 g/mol. The third-order valence-electron chi connectivity index (χ3n) is 2.52. The Balaban J connectivity index is 1.78. The van der Waals surface area contributed by atoms with Crippen molar-refractivity contribution in [2.24, 2.45) is 0 Å². The summed E-state index contributed by atoms with van der Waals surface area (Å²) < 4.78 is 11.1. The van der Waals surface area contributed by atoms with Gasteiger partial charge in [0.1, 0.15) is 30.5 Å². The minimum atomic E-state index is 0.201. The molecule has 0 aliphatic carbocycles. The second-order valence-corrected chi connectivity index (χ2v) is 3.96. The molecule has 0 aliphatic heterocycles. The summed E-state index contributed by atoms with van der Waals surface area (Å²) in [5.74, 6) is 1.72. The molecule has 3 nitrogen and oxygen atoms in total. The molecule has 0 spiro atoms. The predicted octanol–water partition coefficient (Wildman–Crippen LogP) is 3.16. The normalized spacial score (nSPS) is 10.1. The van der Waals surface area contributed by atoms with Crippen LogP contribution in [0.3, 0.4) is 0 Å². The molecule has 2 rings (SSSR count). The summed E-state index contributed by atoms with van der Waals surface area (Å²) in [6.07, 6.45) is 0. The highest BCUT2D eigenvalue weighted by molar-refractivity contribution is 5.32. The summed E-state index contributed by atoms with van der Waals surface area (Å²) in [6.45, 7) is 2.92. The Morgan fingerprint density at radius 2 is 1.72 bits per heavy atom. The smallest absolute Gasteiger partial charge is 0.123 e. The quantitative estimate of drug-likeness (QED) is 0.821. The standard InChI is InChI=1S/C15H16O3/c1-12-5-2-3-8-15(12)18-10-9-17-14-7-4-6-13(16)11-14/h2-8,11,16H,9-10H2,1H3. The lowest BCUT2D eigenvalue weighted by Crippen LogP contribution is -2.09. The Labute approximate surface area is 107 Å². The van der Waals surface area contributed by atoms with E-state index in [-0.39, 0.29) is 5.75 Å². The summed E-state index contributed by atoms with van der Waals surface area (Å²) in [4.78, 5) is 0. The van der Waals surface area contributed by atoms with Gasteiger partial charge in [-0.05, 0) is 30.7 Å². The van der Waals surface area contributed by atoms with E-state index in [2.05, 4.69) is 0 Å². The van der Waals surface area contributed by atoms with Crippen LogP contribution in [0.15, 0.2) is 48.5 Å². The first-order valence-electron chi connectivity index (χ1n) is 5.86. The zero-order valence-electron chi connectivity index (χ0n) is 10.3. The first-order valence-corrected chi connectivity index (χ1v) is 5.86. The molecule has 0 bridgehead atoms. The number of phenols is 1. The van der Waals surface area contributed by atoms with Gasteiger partial charge in [0.2, 0.25) is 0 Å². The van der Waals surface area contributed by atoms with E-state index in [1.54, 1.807) is 24.3 Å². The van der Waals surface area contributed by atoms with Crippen molar-refractivity contribution in [3.63, 3.8) is 0 Å². The van der Waals surface area contributed by atoms with Crippen molar-refractivity contribution in [2.75, 3.05) is 13.2 Å². The molecule has 0 atom stereocenters. The fraction of sp³-hybridized carbons (Fsp3) is 0.200. The van der Waals surface area contributed by atoms with Gasteiger partial charge in [-0.25, -0.2) is 0 Å². The van der Waals surface area contributed by atoms with E-state index in [1.807, 2.05) is 31.2 Å². The van der Waals surface area contributed by atoms with Crippen molar-refractivity contribution in [2.45, 2.75) is 6.92 Å². The molecule has 0 saturated carbocycles. The van der Waals surface area contributed by atoms with Gasteiger partial charge in [0.25, 0.3) is 0 Å². The van der Waals surface area contributed by atoms with E-state index in [0.29, 0.717) is 19.0 Å². The van der Waals surface area contributed by atoms with Gasteiger partial charge in [-0.15, -0.1) is 0 Å². The van der Waals surface area contributed by atoms with Crippen molar-refractivity contribution in [3.05, 3.63) is 54.1 Å². The van der Waals surface area contributed by atoms with Gasteiger partial charge in [-0.2, -0.15) is 0 Å². The molecular formula is C15H16O3. The molecule has 18 heavy (non-hydrogen) atoms. The van der Waals surface area contributed by atoms with Crippen LogP contribution in [0.1, 0.15) is 5.56 Å². The molecule has 0 unspecified atom stereocenters. The van der Waals surface area contributed by atoms with Crippen LogP contribution in [-0.4, -0.2) is 18.3 Å². The van der Waals surface area contributed by atoms with E-state index < -0.39 is 0 Å². The van der Waals surface area contributed by atoms with Crippen molar-refractivity contribution >= 4 is 0 Å². The highest BCUT2D eigenvalue weighted by Gasteiger charge is 1.98. The Bertz CT molecular complexity index is 509. The number of rotatable bonds is 5. The molecule has 0 amide bonds. The fourth-order valence-electron chi connectivity index (χ4n) is 1.60. The SMILES string of the molecule is Cc1ccccc1OCCOc1cccc(O)c1. The van der Waals surface area contributed by atoms with E-state index in [4.69, 9.17) is 9.47 Å². The highest BCUT2D eigenvalue weighted by Crippen LogP contribution is 2.18. The lowest BCUT2D eigenvalue weighted by molar-refractivity contribution is 0.216. The molecule has 0 fully saturated rings. The lowest BCUT2D eigenvalue weighted by atomic mass is 10.2. The third kappa shape index (κ3) is 3.42. The summed E-state index contributed by atoms with van der Waals surface area (Å²) in [5.41, 5.74) is 1.11. The van der Waals surface area contributed by atoms with Crippen molar-refractivity contribution in [1.82, 2.24) is 0 Å². The van der Waals surface area contributed by atoms with Crippen LogP contribution in [0.2, 0.25) is 0 Å². The second kappa shape index (κ2) is 5.96. The molecule has 2 aromatic carbocycles. The van der Waals surface area contributed by atoms with E-state index in [9.17, 15) is 5.11 Å². The van der Waals surface area contributed by atoms with Crippen LogP contribution >= 0.6 is 0 Å². The predicted molar refractivity (Wildman–Crippen MR) is 70.3 cm³/mol. The molecule has 0 saturated heterocycles. The minimum Gasteiger partial charge on any atom is -0.508 e. The van der Waals surface area contributed by atoms with Gasteiger partial charge in [0, 0.05) is 6.07 Å². The van der Waals surface area contributed by atoms with Crippen LogP contribution in [0.25, 0.3) is 0 Å². The summed E-state index contributed by atoms with van der Waals surface area (Å²) in [7, 11) is 0. The topological polar surface area (TPSA) is 38.7 Å². The van der Waals surface area contributed by atoms with Gasteiger partial charge in [0.05, 0.1) is 0 Å². The molecule has 0 aliphatic rings. The number of ether oxygens (including phenoxy) is 2. The Hall–Kier alpha value is -2.16. The fourth-order valence-corrected chi connectivity index (χ4v) is 1.60. The minimum absolute atomic E-state index is 0.201. The first-order chi connectivity index (χ1) is 8.75. The molecule has 1 N–H and O–H groups in total. The highest BCUT2D eigenvalue weighted by atomic mass is 16.5. The third-order valence-corrected chi connectivity index (χ3v) is 2.52. The zero-order valence-corrected chi connectivity index (χ0v) is 10.3. The van der Waals surface area contributed by atoms with Crippen LogP contribution in [0.5, 0.6) is 17.2 Å². The molecule has 0 heterocycles. The number of para-hydroxylation sites is 1. The van der Waals surface area contributed by atoms with Crippen molar-refractivity contribution < 1.29 is 14.6 Å². The summed E-state index contributed by atoms with van der Waals surface area (Å²) in [6, 6.07) is 14.6. The number of aryl methyl sites for hydroxylation is 1. The number of hydrogen-bond acceptors (Lipinski definition) is 3. The van der Waals surface area contributed by atoms with Gasteiger partial charge < -0.3 is 14.6 Å². The maximum Gasteiger partial charge on any atom is 0.123 e. The first kappa shape index (κ1) is 12.3. The van der Waals surface area contributed by atoms with Gasteiger partial charge >= 0.3 is 0 Å². The second-order valence-electron chi connectivity index (χ2n) is 3.96. The van der Waals surface area contributed by atoms with Gasteiger partial charge in [-0.1, -0.05) is 24.3 Å². The van der Waals surface area contributed by atoms with E-state index >= 15 is 0 Å². The number of aromatic hydroxyl groups is 1. The largest absolute Gasteiger partial charge is 0.508 e. The molecular weight excluding hydrogens is 228 g/mol. The van der Waals surface area contributed by atoms with Crippen LogP contribution < -0.4 is 9.47 Å². The van der Waals surface area contributed by atoms with Crippen molar-refractivity contribution in [3.8, 4) is 17.2 Å². The summed E-state index contributed by atoms with van der Waals surface area (Å²) in [5, 5.41) is 9.27. The van der Waals surface area contributed by atoms with E-state index in [1.165, 1.54) is 0 Å². The van der Waals surface area contributed by atoms with Crippen molar-refractivity contribution in [1.29, 1.82) is 0 Å². The molecule has 0 radical (unpaired) electrons. The molecule has 3 heteroatoms. The molecule has 94 valence electrons. The number of benzene rings is 2. The average Bonchev–Trinajstić information content (AvgIpc) is 2.37. The maximum atomic E-state index is 9.27. The van der Waals surface area contributed by atoms with Crippen LogP contribution in [0, 0.1) is 6.92 Å². The van der Waals surface area contributed by atoms with E-state index in [0.717, 1.165) is 11.3 Å². The Morgan fingerprint density at radius 3 is 2.50 bits per heavy atom. The monoisotopic (exact) mass is 244 g/mol. The Morgan fingerprint density at radius 1 is 0.944 bits per heavy atom. The number of phenolic OH excluding ortho intramolecular Hbond substituents is 1. The molecule has 0 aromatic heterocycles.